The largest absolute Gasteiger partial charge is 0.479 e. The Balaban J connectivity index is 1.71. The zero-order valence-electron chi connectivity index (χ0n) is 12.5. The maximum absolute atomic E-state index is 13.1. The number of likely N-dealkylation sites (tertiary alicyclic amines) is 1. The number of hydrogen-bond donors (Lipinski definition) is 1. The predicted molar refractivity (Wildman–Crippen MR) is 83.8 cm³/mol. The number of aliphatic carboxylic acids is 1. The quantitative estimate of drug-likeness (QED) is 0.932. The third-order valence-corrected chi connectivity index (χ3v) is 4.84. The third kappa shape index (κ3) is 3.09. The van der Waals surface area contributed by atoms with Crippen molar-refractivity contribution < 1.29 is 14.3 Å². The van der Waals surface area contributed by atoms with E-state index in [4.69, 9.17) is 11.6 Å². The predicted octanol–water partition coefficient (Wildman–Crippen LogP) is 2.75. The molecule has 23 heavy (non-hydrogen) atoms. The van der Waals surface area contributed by atoms with E-state index in [1.54, 1.807) is 29.4 Å². The number of rotatable bonds is 4. The van der Waals surface area contributed by atoms with Crippen LogP contribution in [-0.4, -0.2) is 38.6 Å². The molecule has 5 nitrogen and oxygen atoms in total. The first-order valence-corrected chi connectivity index (χ1v) is 7.77. The Bertz CT molecular complexity index is 697. The molecule has 1 aliphatic heterocycles. The molecule has 0 unspecified atom stereocenters. The van der Waals surface area contributed by atoms with Gasteiger partial charge in [0.2, 0.25) is 0 Å². The molecule has 0 amide bonds. The molecule has 1 aromatic carbocycles. The van der Waals surface area contributed by atoms with E-state index in [2.05, 4.69) is 9.88 Å². The highest BCUT2D eigenvalue weighted by Gasteiger charge is 2.43. The molecule has 0 spiro atoms. The second-order valence-electron chi connectivity index (χ2n) is 5.82. The van der Waals surface area contributed by atoms with E-state index in [0.29, 0.717) is 37.5 Å². The van der Waals surface area contributed by atoms with Crippen LogP contribution >= 0.6 is 11.6 Å². The van der Waals surface area contributed by atoms with Gasteiger partial charge in [0, 0.05) is 37.1 Å². The number of piperidine rings is 1. The molecule has 2 heterocycles. The van der Waals surface area contributed by atoms with E-state index in [1.807, 2.05) is 0 Å². The minimum absolute atomic E-state index is 0.359. The molecule has 0 aliphatic carbocycles. The Kier molecular flexibility index (Phi) is 4.37. The van der Waals surface area contributed by atoms with Crippen molar-refractivity contribution in [3.8, 4) is 0 Å². The second-order valence-corrected chi connectivity index (χ2v) is 6.23. The fourth-order valence-electron chi connectivity index (χ4n) is 3.07. The molecule has 2 aromatic rings. The molecule has 7 heteroatoms. The molecule has 1 fully saturated rings. The standard InChI is InChI=1S/C16H17ClFN3O2/c17-14-9-13(18)2-1-12(14)10-20-6-3-16(4-7-20,15(22)23)21-8-5-19-11-21/h1-2,5,8-9,11H,3-4,6-7,10H2,(H,22,23). The van der Waals surface area contributed by atoms with Crippen molar-refractivity contribution >= 4 is 17.6 Å². The fraction of sp³-hybridized carbons (Fsp3) is 0.375. The Morgan fingerprint density at radius 2 is 2.13 bits per heavy atom. The van der Waals surface area contributed by atoms with Crippen LogP contribution in [0.25, 0.3) is 0 Å². The Hall–Kier alpha value is -1.92. The van der Waals surface area contributed by atoms with Gasteiger partial charge in [-0.2, -0.15) is 0 Å². The molecule has 3 rings (SSSR count). The smallest absolute Gasteiger partial charge is 0.330 e. The number of carboxylic acids is 1. The number of carbonyl (C=O) groups is 1. The van der Waals surface area contributed by atoms with Crippen molar-refractivity contribution in [3.63, 3.8) is 0 Å². The third-order valence-electron chi connectivity index (χ3n) is 4.49. The van der Waals surface area contributed by atoms with Crippen molar-refractivity contribution in [2.75, 3.05) is 13.1 Å². The first kappa shape index (κ1) is 16.0. The lowest BCUT2D eigenvalue weighted by atomic mass is 9.87. The lowest BCUT2D eigenvalue weighted by Crippen LogP contribution is -2.50. The van der Waals surface area contributed by atoms with Crippen molar-refractivity contribution in [2.45, 2.75) is 24.9 Å². The van der Waals surface area contributed by atoms with Gasteiger partial charge < -0.3 is 9.67 Å². The molecular formula is C16H17ClFN3O2. The Morgan fingerprint density at radius 1 is 1.39 bits per heavy atom. The summed E-state index contributed by atoms with van der Waals surface area (Å²) in [6.07, 6.45) is 5.81. The van der Waals surface area contributed by atoms with E-state index >= 15 is 0 Å². The highest BCUT2D eigenvalue weighted by molar-refractivity contribution is 6.31. The molecule has 1 aliphatic rings. The van der Waals surface area contributed by atoms with Crippen LogP contribution in [-0.2, 0) is 16.9 Å². The average molecular weight is 338 g/mol. The number of carboxylic acid groups (broad SMARTS) is 1. The van der Waals surface area contributed by atoms with Crippen LogP contribution in [0.2, 0.25) is 5.02 Å². The van der Waals surface area contributed by atoms with Crippen LogP contribution in [0.5, 0.6) is 0 Å². The summed E-state index contributed by atoms with van der Waals surface area (Å²) in [6, 6.07) is 4.36. The molecule has 0 saturated carbocycles. The van der Waals surface area contributed by atoms with Crippen LogP contribution in [0.4, 0.5) is 4.39 Å². The van der Waals surface area contributed by atoms with E-state index < -0.39 is 11.5 Å². The van der Waals surface area contributed by atoms with E-state index in [9.17, 15) is 14.3 Å². The van der Waals surface area contributed by atoms with Gasteiger partial charge in [-0.15, -0.1) is 0 Å². The summed E-state index contributed by atoms with van der Waals surface area (Å²) in [5.41, 5.74) is -0.0990. The monoisotopic (exact) mass is 337 g/mol. The van der Waals surface area contributed by atoms with Crippen LogP contribution in [0.15, 0.2) is 36.9 Å². The van der Waals surface area contributed by atoms with E-state index in [1.165, 1.54) is 12.1 Å². The number of hydrogen-bond acceptors (Lipinski definition) is 3. The van der Waals surface area contributed by atoms with Crippen LogP contribution in [0.1, 0.15) is 18.4 Å². The average Bonchev–Trinajstić information content (AvgIpc) is 3.05. The summed E-state index contributed by atoms with van der Waals surface area (Å²) in [5, 5.41) is 10.1. The second kappa shape index (κ2) is 6.29. The Labute approximate surface area is 138 Å². The number of imidazole rings is 1. The van der Waals surface area contributed by atoms with Gasteiger partial charge in [0.05, 0.1) is 6.33 Å². The van der Waals surface area contributed by atoms with Gasteiger partial charge in [0.1, 0.15) is 11.4 Å². The summed E-state index contributed by atoms with van der Waals surface area (Å²) in [4.78, 5) is 17.9. The van der Waals surface area contributed by atoms with Gasteiger partial charge >= 0.3 is 5.97 Å². The molecule has 1 aromatic heterocycles. The summed E-state index contributed by atoms with van der Waals surface area (Å²) in [7, 11) is 0. The van der Waals surface area contributed by atoms with Crippen molar-refractivity contribution in [3.05, 3.63) is 53.3 Å². The van der Waals surface area contributed by atoms with Crippen LogP contribution in [0.3, 0.4) is 0 Å². The maximum atomic E-state index is 13.1. The number of halogens is 2. The molecule has 122 valence electrons. The fourth-order valence-corrected chi connectivity index (χ4v) is 3.29. The molecule has 1 saturated heterocycles. The minimum atomic E-state index is -0.945. The number of aromatic nitrogens is 2. The zero-order valence-corrected chi connectivity index (χ0v) is 13.2. The van der Waals surface area contributed by atoms with Gasteiger partial charge in [0.15, 0.2) is 0 Å². The van der Waals surface area contributed by atoms with Crippen LogP contribution in [0, 0.1) is 5.82 Å². The number of benzene rings is 1. The minimum Gasteiger partial charge on any atom is -0.479 e. The first-order chi connectivity index (χ1) is 11.0. The SMILES string of the molecule is O=C(O)C1(n2ccnc2)CCN(Cc2ccc(F)cc2Cl)CC1. The lowest BCUT2D eigenvalue weighted by molar-refractivity contribution is -0.150. The van der Waals surface area contributed by atoms with Gasteiger partial charge in [-0.25, -0.2) is 14.2 Å². The van der Waals surface area contributed by atoms with E-state index in [0.717, 1.165) is 5.56 Å². The normalized spacial score (nSPS) is 18.0. The van der Waals surface area contributed by atoms with Crippen molar-refractivity contribution in [2.24, 2.45) is 0 Å². The highest BCUT2D eigenvalue weighted by atomic mass is 35.5. The molecule has 1 N–H and O–H groups in total. The Morgan fingerprint density at radius 3 is 2.70 bits per heavy atom. The van der Waals surface area contributed by atoms with E-state index in [-0.39, 0.29) is 5.82 Å². The number of nitrogens with zero attached hydrogens (tertiary/aromatic N) is 3. The van der Waals surface area contributed by atoms with Crippen molar-refractivity contribution in [1.29, 1.82) is 0 Å². The molecular weight excluding hydrogens is 321 g/mol. The van der Waals surface area contributed by atoms with Crippen molar-refractivity contribution in [1.82, 2.24) is 14.5 Å². The van der Waals surface area contributed by atoms with Crippen LogP contribution < -0.4 is 0 Å². The van der Waals surface area contributed by atoms with Gasteiger partial charge in [-0.3, -0.25) is 4.90 Å². The highest BCUT2D eigenvalue weighted by Crippen LogP contribution is 2.31. The van der Waals surface area contributed by atoms with Gasteiger partial charge in [-0.05, 0) is 30.5 Å². The molecule has 0 atom stereocenters. The molecule has 0 bridgehead atoms. The first-order valence-electron chi connectivity index (χ1n) is 7.39. The molecule has 0 radical (unpaired) electrons. The van der Waals surface area contributed by atoms with Gasteiger partial charge in [-0.1, -0.05) is 17.7 Å². The zero-order chi connectivity index (χ0) is 16.4. The lowest BCUT2D eigenvalue weighted by Gasteiger charge is -2.39. The summed E-state index contributed by atoms with van der Waals surface area (Å²) in [6.45, 7) is 1.83. The van der Waals surface area contributed by atoms with Gasteiger partial charge in [0.25, 0.3) is 0 Å². The topological polar surface area (TPSA) is 58.4 Å². The maximum Gasteiger partial charge on any atom is 0.330 e. The summed E-state index contributed by atoms with van der Waals surface area (Å²) >= 11 is 6.06. The summed E-state index contributed by atoms with van der Waals surface area (Å²) in [5.74, 6) is -1.20. The summed E-state index contributed by atoms with van der Waals surface area (Å²) < 4.78 is 14.8.